The van der Waals surface area contributed by atoms with E-state index in [-0.39, 0.29) is 16.7 Å². The summed E-state index contributed by atoms with van der Waals surface area (Å²) >= 11 is 0. The van der Waals surface area contributed by atoms with E-state index in [4.69, 9.17) is 4.74 Å². The molecule has 180 valence electrons. The fraction of sp³-hybridized carbons (Fsp3) is 0.194. The van der Waals surface area contributed by atoms with Gasteiger partial charge in [0.25, 0.3) is 5.91 Å². The van der Waals surface area contributed by atoms with Crippen LogP contribution in [0.1, 0.15) is 47.7 Å². The molecule has 0 aromatic heterocycles. The molecule has 5 heteroatoms. The van der Waals surface area contributed by atoms with Crippen LogP contribution in [0.3, 0.4) is 0 Å². The second-order valence-electron chi connectivity index (χ2n) is 10.2. The summed E-state index contributed by atoms with van der Waals surface area (Å²) in [7, 11) is 0. The minimum Gasteiger partial charge on any atom is -0.507 e. The summed E-state index contributed by atoms with van der Waals surface area (Å²) in [4.78, 5) is 16.1. The summed E-state index contributed by atoms with van der Waals surface area (Å²) in [5, 5.41) is 23.3. The summed E-state index contributed by atoms with van der Waals surface area (Å²) in [6.07, 6.45) is 0. The third kappa shape index (κ3) is 3.16. The number of phenols is 1. The molecule has 6 rings (SSSR count). The van der Waals surface area contributed by atoms with Gasteiger partial charge in [-0.15, -0.1) is 0 Å². The van der Waals surface area contributed by atoms with Gasteiger partial charge < -0.3 is 14.9 Å². The Morgan fingerprint density at radius 2 is 1.39 bits per heavy atom. The molecular weight excluding hydrogens is 450 g/mol. The van der Waals surface area contributed by atoms with Gasteiger partial charge in [0.1, 0.15) is 11.5 Å². The molecule has 5 nitrogen and oxygen atoms in total. The number of hydrogen-bond donors (Lipinski definition) is 2. The van der Waals surface area contributed by atoms with Crippen molar-refractivity contribution in [1.82, 2.24) is 0 Å². The molecule has 4 aromatic rings. The SMILES string of the molecule is CC1(C)COc2cc(O)c(C3(O)C(=O)N(C(c4ccccc4)c4ccccc4)c4ccccc43)cc21. The highest BCUT2D eigenvalue weighted by molar-refractivity contribution is 6.10. The highest BCUT2D eigenvalue weighted by Crippen LogP contribution is 2.53. The normalized spacial score (nSPS) is 19.8. The Bertz CT molecular complexity index is 1430. The van der Waals surface area contributed by atoms with Gasteiger partial charge in [0, 0.05) is 28.2 Å². The van der Waals surface area contributed by atoms with Crippen LogP contribution in [0.4, 0.5) is 5.69 Å². The smallest absolute Gasteiger partial charge is 0.269 e. The first-order valence-corrected chi connectivity index (χ1v) is 12.1. The molecule has 36 heavy (non-hydrogen) atoms. The van der Waals surface area contributed by atoms with Gasteiger partial charge in [-0.1, -0.05) is 92.7 Å². The largest absolute Gasteiger partial charge is 0.507 e. The number of phenolic OH excluding ortho intramolecular Hbond substituents is 1. The highest BCUT2D eigenvalue weighted by atomic mass is 16.5. The number of benzene rings is 4. The van der Waals surface area contributed by atoms with Crippen LogP contribution in [0.25, 0.3) is 0 Å². The Labute approximate surface area is 210 Å². The quantitative estimate of drug-likeness (QED) is 0.411. The number of nitrogens with zero attached hydrogens (tertiary/aromatic N) is 1. The van der Waals surface area contributed by atoms with Crippen molar-refractivity contribution in [3.05, 3.63) is 125 Å². The summed E-state index contributed by atoms with van der Waals surface area (Å²) in [5.74, 6) is -0.102. The number of aromatic hydroxyl groups is 1. The van der Waals surface area contributed by atoms with Crippen molar-refractivity contribution in [3.63, 3.8) is 0 Å². The van der Waals surface area contributed by atoms with Crippen molar-refractivity contribution < 1.29 is 19.7 Å². The fourth-order valence-corrected chi connectivity index (χ4v) is 5.51. The lowest BCUT2D eigenvalue weighted by Crippen LogP contribution is -2.43. The zero-order valence-corrected chi connectivity index (χ0v) is 20.2. The van der Waals surface area contributed by atoms with E-state index in [0.29, 0.717) is 23.6 Å². The van der Waals surface area contributed by atoms with Crippen molar-refractivity contribution in [2.24, 2.45) is 0 Å². The van der Waals surface area contributed by atoms with E-state index in [9.17, 15) is 15.0 Å². The number of para-hydroxylation sites is 1. The lowest BCUT2D eigenvalue weighted by atomic mass is 9.81. The zero-order chi connectivity index (χ0) is 25.1. The third-order valence-electron chi connectivity index (χ3n) is 7.38. The van der Waals surface area contributed by atoms with Crippen molar-refractivity contribution in [2.45, 2.75) is 30.9 Å². The van der Waals surface area contributed by atoms with Crippen LogP contribution < -0.4 is 9.64 Å². The van der Waals surface area contributed by atoms with Gasteiger partial charge in [-0.3, -0.25) is 9.69 Å². The van der Waals surface area contributed by atoms with Crippen LogP contribution in [0.5, 0.6) is 11.5 Å². The number of rotatable bonds is 4. The number of fused-ring (bicyclic) bond motifs is 2. The Hall–Kier alpha value is -4.09. The second kappa shape index (κ2) is 7.97. The van der Waals surface area contributed by atoms with Crippen LogP contribution in [0, 0.1) is 0 Å². The number of amides is 1. The van der Waals surface area contributed by atoms with Crippen molar-refractivity contribution in [3.8, 4) is 11.5 Å². The average molecular weight is 478 g/mol. The van der Waals surface area contributed by atoms with Gasteiger partial charge in [-0.25, -0.2) is 0 Å². The zero-order valence-electron chi connectivity index (χ0n) is 20.2. The van der Waals surface area contributed by atoms with Gasteiger partial charge in [0.2, 0.25) is 0 Å². The van der Waals surface area contributed by atoms with E-state index in [1.165, 1.54) is 6.07 Å². The molecule has 0 radical (unpaired) electrons. The van der Waals surface area contributed by atoms with Gasteiger partial charge >= 0.3 is 0 Å². The van der Waals surface area contributed by atoms with Gasteiger partial charge in [0.15, 0.2) is 5.60 Å². The molecule has 1 amide bonds. The standard InChI is InChI=1S/C31H27NO4/c1-30(2)19-36-27-18-26(33)23(17-24(27)30)31(35)22-15-9-10-16-25(22)32(29(31)34)28(20-11-5-3-6-12-20)21-13-7-4-8-14-21/h3-18,28,33,35H,19H2,1-2H3. The van der Waals surface area contributed by atoms with E-state index in [1.807, 2.05) is 86.6 Å². The molecular formula is C31H27NO4. The molecule has 0 fully saturated rings. The van der Waals surface area contributed by atoms with Gasteiger partial charge in [0.05, 0.1) is 18.3 Å². The molecule has 0 saturated carbocycles. The molecule has 0 spiro atoms. The number of anilines is 1. The lowest BCUT2D eigenvalue weighted by molar-refractivity contribution is -0.132. The molecule has 0 bridgehead atoms. The molecule has 0 aliphatic carbocycles. The number of hydrogen-bond acceptors (Lipinski definition) is 4. The van der Waals surface area contributed by atoms with Crippen molar-refractivity contribution >= 4 is 11.6 Å². The minimum atomic E-state index is -2.06. The number of aliphatic hydroxyl groups is 1. The first-order valence-electron chi connectivity index (χ1n) is 12.1. The summed E-state index contributed by atoms with van der Waals surface area (Å²) in [6.45, 7) is 4.55. The average Bonchev–Trinajstić information content (AvgIpc) is 3.31. The minimum absolute atomic E-state index is 0.166. The van der Waals surface area contributed by atoms with Crippen LogP contribution in [0.2, 0.25) is 0 Å². The van der Waals surface area contributed by atoms with E-state index in [0.717, 1.165) is 16.7 Å². The lowest BCUT2D eigenvalue weighted by Gasteiger charge is -2.31. The molecule has 2 aliphatic heterocycles. The third-order valence-corrected chi connectivity index (χ3v) is 7.38. The molecule has 1 unspecified atom stereocenters. The number of ether oxygens (including phenoxy) is 1. The Kier molecular flexibility index (Phi) is 4.95. The molecule has 2 heterocycles. The van der Waals surface area contributed by atoms with Crippen LogP contribution >= 0.6 is 0 Å². The number of carbonyl (C=O) groups excluding carboxylic acids is 1. The molecule has 1 atom stereocenters. The predicted molar refractivity (Wildman–Crippen MR) is 138 cm³/mol. The van der Waals surface area contributed by atoms with E-state index in [1.54, 1.807) is 23.1 Å². The maximum absolute atomic E-state index is 14.4. The fourth-order valence-electron chi connectivity index (χ4n) is 5.51. The Morgan fingerprint density at radius 3 is 2.03 bits per heavy atom. The van der Waals surface area contributed by atoms with E-state index >= 15 is 0 Å². The van der Waals surface area contributed by atoms with E-state index < -0.39 is 17.6 Å². The van der Waals surface area contributed by atoms with Crippen LogP contribution in [0.15, 0.2) is 97.1 Å². The first-order chi connectivity index (χ1) is 17.3. The Balaban J connectivity index is 1.58. The maximum Gasteiger partial charge on any atom is 0.269 e. The van der Waals surface area contributed by atoms with Crippen molar-refractivity contribution in [1.29, 1.82) is 0 Å². The number of carbonyl (C=O) groups is 1. The first kappa shape index (κ1) is 22.4. The second-order valence-corrected chi connectivity index (χ2v) is 10.2. The molecule has 2 aliphatic rings. The van der Waals surface area contributed by atoms with Crippen molar-refractivity contribution in [2.75, 3.05) is 11.5 Å². The molecule has 4 aromatic carbocycles. The molecule has 2 N–H and O–H groups in total. The van der Waals surface area contributed by atoms with Crippen LogP contribution in [-0.4, -0.2) is 22.7 Å². The van der Waals surface area contributed by atoms with Gasteiger partial charge in [-0.05, 0) is 23.3 Å². The van der Waals surface area contributed by atoms with Gasteiger partial charge in [-0.2, -0.15) is 0 Å². The summed E-state index contributed by atoms with van der Waals surface area (Å²) in [6, 6.07) is 29.6. The Morgan fingerprint density at radius 1 is 0.806 bits per heavy atom. The van der Waals surface area contributed by atoms with E-state index in [2.05, 4.69) is 0 Å². The monoisotopic (exact) mass is 477 g/mol. The maximum atomic E-state index is 14.4. The summed E-state index contributed by atoms with van der Waals surface area (Å²) < 4.78 is 5.78. The predicted octanol–water partition coefficient (Wildman–Crippen LogP) is 5.43. The summed E-state index contributed by atoms with van der Waals surface area (Å²) in [5.41, 5.74) is 1.54. The topological polar surface area (TPSA) is 70.0 Å². The molecule has 0 saturated heterocycles. The highest BCUT2D eigenvalue weighted by Gasteiger charge is 2.55. The van der Waals surface area contributed by atoms with Crippen LogP contribution in [-0.2, 0) is 15.8 Å².